The van der Waals surface area contributed by atoms with Crippen molar-refractivity contribution in [3.8, 4) is 11.1 Å². The van der Waals surface area contributed by atoms with E-state index in [0.717, 1.165) is 5.56 Å². The van der Waals surface area contributed by atoms with Crippen LogP contribution in [0, 0.1) is 12.8 Å². The lowest BCUT2D eigenvalue weighted by Crippen LogP contribution is -2.24. The number of alkyl halides is 1. The van der Waals surface area contributed by atoms with Gasteiger partial charge in [-0.1, -0.05) is 6.92 Å². The smallest absolute Gasteiger partial charge is 0.272 e. The fourth-order valence-electron chi connectivity index (χ4n) is 3.54. The van der Waals surface area contributed by atoms with Gasteiger partial charge in [-0.3, -0.25) is 19.4 Å². The highest BCUT2D eigenvalue weighted by molar-refractivity contribution is 6.03. The third kappa shape index (κ3) is 4.44. The molecule has 0 aromatic carbocycles. The molecule has 4 rings (SSSR count). The molecule has 1 N–H and O–H groups in total. The molecule has 1 saturated carbocycles. The molecule has 3 aromatic rings. The monoisotopic (exact) mass is 449 g/mol. The molecule has 0 aliphatic heterocycles. The molecule has 0 bridgehead atoms. The molecule has 0 unspecified atom stereocenters. The molecule has 1 fully saturated rings. The Bertz CT molecular complexity index is 1290. The van der Waals surface area contributed by atoms with Crippen LogP contribution in [0.1, 0.15) is 46.3 Å². The van der Waals surface area contributed by atoms with E-state index < -0.39 is 18.0 Å². The zero-order chi connectivity index (χ0) is 23.9. The fourth-order valence-corrected chi connectivity index (χ4v) is 3.54. The number of anilines is 1. The van der Waals surface area contributed by atoms with E-state index in [1.165, 1.54) is 4.90 Å². The highest BCUT2D eigenvalue weighted by atomic mass is 19.1. The maximum Gasteiger partial charge on any atom is 0.272 e. The number of aryl methyl sites for hydroxylation is 1. The van der Waals surface area contributed by atoms with Crippen LogP contribution >= 0.6 is 0 Å². The number of hydrogen-bond acceptors (Lipinski definition) is 6. The molecule has 170 valence electrons. The molecule has 1 aliphatic carbocycles. The molecule has 33 heavy (non-hydrogen) atoms. The Morgan fingerprint density at radius 1 is 1.12 bits per heavy atom. The molecule has 2 atom stereocenters. The number of carbonyl (C=O) groups excluding carboxylic acids is 3. The number of carbonyl (C=O) groups is 3. The quantitative estimate of drug-likeness (QED) is 0.577. The molecule has 0 spiro atoms. The minimum Gasteiger partial charge on any atom is -0.343 e. The molecular formula is C24H24FN5O3. The lowest BCUT2D eigenvalue weighted by atomic mass is 9.98. The van der Waals surface area contributed by atoms with E-state index >= 15 is 0 Å². The number of pyridine rings is 3. The van der Waals surface area contributed by atoms with E-state index in [1.807, 2.05) is 6.92 Å². The third-order valence-electron chi connectivity index (χ3n) is 5.62. The second-order valence-corrected chi connectivity index (χ2v) is 8.35. The van der Waals surface area contributed by atoms with Crippen LogP contribution in [0.15, 0.2) is 30.6 Å². The van der Waals surface area contributed by atoms with Crippen molar-refractivity contribution in [3.05, 3.63) is 47.5 Å². The number of hydrogen-bond donors (Lipinski definition) is 1. The van der Waals surface area contributed by atoms with Crippen molar-refractivity contribution in [1.82, 2.24) is 19.9 Å². The summed E-state index contributed by atoms with van der Waals surface area (Å²) in [5, 5.41) is 3.26. The first-order valence-corrected chi connectivity index (χ1v) is 10.7. The summed E-state index contributed by atoms with van der Waals surface area (Å²) in [7, 11) is 3.26. The summed E-state index contributed by atoms with van der Waals surface area (Å²) < 4.78 is 13.2. The van der Waals surface area contributed by atoms with Crippen molar-refractivity contribution in [1.29, 1.82) is 0 Å². The number of halogens is 1. The molecule has 3 heterocycles. The van der Waals surface area contributed by atoms with E-state index in [2.05, 4.69) is 20.3 Å². The number of ketones is 1. The topological polar surface area (TPSA) is 105 Å². The number of amides is 2. The van der Waals surface area contributed by atoms with Crippen molar-refractivity contribution < 1.29 is 18.8 Å². The third-order valence-corrected chi connectivity index (χ3v) is 5.62. The molecule has 8 nitrogen and oxygen atoms in total. The van der Waals surface area contributed by atoms with Crippen molar-refractivity contribution in [2.24, 2.45) is 5.92 Å². The Morgan fingerprint density at radius 3 is 2.45 bits per heavy atom. The van der Waals surface area contributed by atoms with Crippen LogP contribution in [0.5, 0.6) is 0 Å². The second kappa shape index (κ2) is 8.65. The van der Waals surface area contributed by atoms with E-state index in [-0.39, 0.29) is 29.6 Å². The molecule has 0 saturated heterocycles. The summed E-state index contributed by atoms with van der Waals surface area (Å²) in [4.78, 5) is 51.6. The molecule has 2 amide bonds. The Hall–Kier alpha value is -3.75. The van der Waals surface area contributed by atoms with Crippen LogP contribution < -0.4 is 5.32 Å². The van der Waals surface area contributed by atoms with Crippen molar-refractivity contribution in [3.63, 3.8) is 0 Å². The number of fused-ring (bicyclic) bond motifs is 1. The Balaban J connectivity index is 1.79. The number of rotatable bonds is 6. The van der Waals surface area contributed by atoms with Gasteiger partial charge in [0, 0.05) is 55.5 Å². The van der Waals surface area contributed by atoms with Gasteiger partial charge in [0.2, 0.25) is 5.91 Å². The van der Waals surface area contributed by atoms with Crippen molar-refractivity contribution in [2.45, 2.75) is 32.9 Å². The van der Waals surface area contributed by atoms with Crippen LogP contribution in [0.4, 0.5) is 10.2 Å². The van der Waals surface area contributed by atoms with Gasteiger partial charge >= 0.3 is 0 Å². The molecule has 9 heteroatoms. The van der Waals surface area contributed by atoms with Crippen LogP contribution in [-0.4, -0.2) is 57.7 Å². The molecule has 3 aromatic heterocycles. The summed E-state index contributed by atoms with van der Waals surface area (Å²) in [5.41, 5.74) is 3.09. The average molecular weight is 449 g/mol. The van der Waals surface area contributed by atoms with Gasteiger partial charge in [0.05, 0.1) is 11.4 Å². The molecule has 0 radical (unpaired) electrons. The van der Waals surface area contributed by atoms with E-state index in [1.54, 1.807) is 51.6 Å². The Kier molecular flexibility index (Phi) is 5.88. The minimum absolute atomic E-state index is 0.0602. The van der Waals surface area contributed by atoms with Crippen LogP contribution in [0.25, 0.3) is 22.0 Å². The van der Waals surface area contributed by atoms with Crippen LogP contribution in [-0.2, 0) is 4.79 Å². The first-order valence-electron chi connectivity index (χ1n) is 10.7. The predicted molar refractivity (Wildman–Crippen MR) is 122 cm³/mol. The average Bonchev–Trinajstić information content (AvgIpc) is 3.53. The predicted octanol–water partition coefficient (Wildman–Crippen LogP) is 3.59. The van der Waals surface area contributed by atoms with Crippen molar-refractivity contribution >= 4 is 34.3 Å². The van der Waals surface area contributed by atoms with Gasteiger partial charge in [-0.2, -0.15) is 0 Å². The summed E-state index contributed by atoms with van der Waals surface area (Å²) in [6.07, 6.45) is 2.59. The largest absolute Gasteiger partial charge is 0.343 e. The summed E-state index contributed by atoms with van der Waals surface area (Å²) in [6.45, 7) is 3.63. The maximum absolute atomic E-state index is 13.2. The fraction of sp³-hybridized carbons (Fsp3) is 0.333. The standard InChI is InChI=1S/C24H24FN5O3/c1-5-20(31)19-6-12(2)16(11-26-19)14-7-13-10-27-21(29-23(32)15-8-17(15)25)9-18(13)28-22(14)24(33)30(3)4/h6-7,9-11,15,17H,5,8H2,1-4H3,(H,27,29,32)/t15-,17+/m0/s1. The second-order valence-electron chi connectivity index (χ2n) is 8.35. The molecular weight excluding hydrogens is 425 g/mol. The first kappa shape index (κ1) is 22.4. The Labute approximate surface area is 190 Å². The zero-order valence-corrected chi connectivity index (χ0v) is 18.8. The van der Waals surface area contributed by atoms with Crippen molar-refractivity contribution in [2.75, 3.05) is 19.4 Å². The van der Waals surface area contributed by atoms with E-state index in [9.17, 15) is 18.8 Å². The van der Waals surface area contributed by atoms with Gasteiger partial charge in [0.15, 0.2) is 5.78 Å². The van der Waals surface area contributed by atoms with Gasteiger partial charge in [0.1, 0.15) is 23.4 Å². The number of nitrogens with zero attached hydrogens (tertiary/aromatic N) is 4. The lowest BCUT2D eigenvalue weighted by molar-refractivity contribution is -0.117. The summed E-state index contributed by atoms with van der Waals surface area (Å²) in [5.74, 6) is -1.17. The van der Waals surface area contributed by atoms with E-state index in [4.69, 9.17) is 0 Å². The molecule has 1 aliphatic rings. The lowest BCUT2D eigenvalue weighted by Gasteiger charge is -2.16. The van der Waals surface area contributed by atoms with Crippen LogP contribution in [0.3, 0.4) is 0 Å². The number of aromatic nitrogens is 3. The van der Waals surface area contributed by atoms with Gasteiger partial charge in [0.25, 0.3) is 5.91 Å². The van der Waals surface area contributed by atoms with Gasteiger partial charge in [-0.05, 0) is 31.0 Å². The highest BCUT2D eigenvalue weighted by Gasteiger charge is 2.43. The SMILES string of the molecule is CCC(=O)c1cc(C)c(-c2cc3cnc(NC(=O)[C@H]4C[C@H]4F)cc3nc2C(=O)N(C)C)cn1. The first-order chi connectivity index (χ1) is 15.7. The number of nitrogens with one attached hydrogen (secondary N) is 1. The summed E-state index contributed by atoms with van der Waals surface area (Å²) >= 11 is 0. The van der Waals surface area contributed by atoms with E-state index in [0.29, 0.717) is 34.1 Å². The van der Waals surface area contributed by atoms with Gasteiger partial charge in [-0.15, -0.1) is 0 Å². The van der Waals surface area contributed by atoms with Crippen LogP contribution in [0.2, 0.25) is 0 Å². The van der Waals surface area contributed by atoms with Gasteiger partial charge < -0.3 is 10.2 Å². The maximum atomic E-state index is 13.2. The normalized spacial score (nSPS) is 17.0. The highest BCUT2D eigenvalue weighted by Crippen LogP contribution is 2.35. The summed E-state index contributed by atoms with van der Waals surface area (Å²) in [6, 6.07) is 5.07. The Morgan fingerprint density at radius 2 is 1.85 bits per heavy atom. The van der Waals surface area contributed by atoms with Gasteiger partial charge in [-0.25, -0.2) is 14.4 Å². The number of Topliss-reactive ketones (excluding diaryl/α,β-unsaturated/α-hetero) is 1. The zero-order valence-electron chi connectivity index (χ0n) is 18.8. The minimum atomic E-state index is -1.11.